The predicted octanol–water partition coefficient (Wildman–Crippen LogP) is 4.07. The Morgan fingerprint density at radius 3 is 2.53 bits per heavy atom. The second-order valence-electron chi connectivity index (χ2n) is 8.26. The molecule has 0 heterocycles. The summed E-state index contributed by atoms with van der Waals surface area (Å²) in [5.74, 6) is -0.298. The third-order valence-corrected chi connectivity index (χ3v) is 7.75. The number of nitrogens with one attached hydrogen (secondary N) is 2. The maximum Gasteiger partial charge on any atom is 0.265 e. The van der Waals surface area contributed by atoms with Crippen LogP contribution in [-0.4, -0.2) is 37.7 Å². The Hall–Kier alpha value is -2.10. The topological polar surface area (TPSA) is 105 Å². The summed E-state index contributed by atoms with van der Waals surface area (Å²) in [5.41, 5.74) is 0.826. The van der Waals surface area contributed by atoms with Crippen LogP contribution in [0, 0.1) is 5.92 Å². The van der Waals surface area contributed by atoms with Gasteiger partial charge in [-0.15, -0.1) is 0 Å². The van der Waals surface area contributed by atoms with Crippen molar-refractivity contribution in [2.24, 2.45) is 5.92 Å². The van der Waals surface area contributed by atoms with Crippen molar-refractivity contribution in [2.75, 3.05) is 5.32 Å². The van der Waals surface area contributed by atoms with Crippen LogP contribution in [0.15, 0.2) is 57.9 Å². The average molecular weight is 525 g/mol. The van der Waals surface area contributed by atoms with Gasteiger partial charge in [0.2, 0.25) is 5.91 Å². The zero-order valence-corrected chi connectivity index (χ0v) is 20.5. The summed E-state index contributed by atoms with van der Waals surface area (Å²) in [7, 11) is -3.98. The smallest absolute Gasteiger partial charge is 0.265 e. The molecule has 0 radical (unpaired) electrons. The molecule has 1 saturated carbocycles. The van der Waals surface area contributed by atoms with E-state index in [1.54, 1.807) is 18.2 Å². The lowest BCUT2D eigenvalue weighted by Gasteiger charge is -2.23. The quantitative estimate of drug-likeness (QED) is 0.471. The molecular formula is C23H29BrN2O5S. The maximum atomic E-state index is 12.7. The average Bonchev–Trinajstić information content (AvgIpc) is 2.89. The van der Waals surface area contributed by atoms with E-state index in [1.165, 1.54) is 6.07 Å². The fourth-order valence-corrected chi connectivity index (χ4v) is 5.85. The molecular weight excluding hydrogens is 496 g/mol. The van der Waals surface area contributed by atoms with Crippen molar-refractivity contribution in [2.45, 2.75) is 62.7 Å². The lowest BCUT2D eigenvalue weighted by Crippen LogP contribution is -2.35. The molecule has 0 saturated heterocycles. The number of halogens is 1. The standard InChI is InChI=1S/C23H29BrN2O5S/c1-15(2)31-18-7-5-6-17(14-18)25-20-12-10-16(11-13-21(20)27)23(28)26-32(29,30)22-9-4-3-8-19(22)24/h3-9,14-16,20-21,25,27H,10-13H2,1-2H3,(H,26,28)/t16-,20+,21+/m1/s1. The van der Waals surface area contributed by atoms with E-state index >= 15 is 0 Å². The lowest BCUT2D eigenvalue weighted by atomic mass is 10.00. The van der Waals surface area contributed by atoms with E-state index in [4.69, 9.17) is 4.74 Å². The number of carbonyl (C=O) groups excluding carboxylic acids is 1. The molecule has 7 nitrogen and oxygen atoms in total. The molecule has 32 heavy (non-hydrogen) atoms. The molecule has 0 unspecified atom stereocenters. The molecule has 3 N–H and O–H groups in total. The Morgan fingerprint density at radius 1 is 1.09 bits per heavy atom. The Labute approximate surface area is 197 Å². The van der Waals surface area contributed by atoms with Gasteiger partial charge < -0.3 is 15.2 Å². The van der Waals surface area contributed by atoms with Crippen LogP contribution in [0.2, 0.25) is 0 Å². The zero-order valence-electron chi connectivity index (χ0n) is 18.1. The second-order valence-corrected chi connectivity index (χ2v) is 10.8. The number of sulfonamides is 1. The lowest BCUT2D eigenvalue weighted by molar-refractivity contribution is -0.123. The van der Waals surface area contributed by atoms with Gasteiger partial charge in [-0.3, -0.25) is 4.79 Å². The predicted molar refractivity (Wildman–Crippen MR) is 127 cm³/mol. The number of hydrogen-bond acceptors (Lipinski definition) is 6. The number of hydrogen-bond donors (Lipinski definition) is 3. The summed E-state index contributed by atoms with van der Waals surface area (Å²) >= 11 is 3.22. The fraction of sp³-hybridized carbons (Fsp3) is 0.435. The van der Waals surface area contributed by atoms with Crippen LogP contribution in [0.3, 0.4) is 0 Å². The van der Waals surface area contributed by atoms with Crippen LogP contribution in [0.1, 0.15) is 39.5 Å². The first kappa shape index (κ1) is 24.5. The van der Waals surface area contributed by atoms with E-state index < -0.39 is 28.0 Å². The number of amides is 1. The van der Waals surface area contributed by atoms with Gasteiger partial charge in [-0.05, 0) is 79.7 Å². The van der Waals surface area contributed by atoms with Gasteiger partial charge in [-0.2, -0.15) is 0 Å². The van der Waals surface area contributed by atoms with E-state index in [0.717, 1.165) is 11.4 Å². The monoisotopic (exact) mass is 524 g/mol. The number of anilines is 1. The first-order chi connectivity index (χ1) is 15.2. The molecule has 0 aliphatic heterocycles. The highest BCUT2D eigenvalue weighted by Gasteiger charge is 2.31. The molecule has 2 aromatic carbocycles. The van der Waals surface area contributed by atoms with Crippen molar-refractivity contribution in [1.82, 2.24) is 4.72 Å². The highest BCUT2D eigenvalue weighted by Crippen LogP contribution is 2.28. The van der Waals surface area contributed by atoms with Crippen molar-refractivity contribution >= 4 is 37.5 Å². The number of carbonyl (C=O) groups is 1. The van der Waals surface area contributed by atoms with Gasteiger partial charge in [0.05, 0.1) is 18.2 Å². The summed E-state index contributed by atoms with van der Waals surface area (Å²) in [5, 5.41) is 14.0. The van der Waals surface area contributed by atoms with E-state index in [0.29, 0.717) is 30.2 Å². The number of benzene rings is 2. The minimum atomic E-state index is -3.98. The van der Waals surface area contributed by atoms with Crippen LogP contribution in [0.25, 0.3) is 0 Å². The minimum Gasteiger partial charge on any atom is -0.491 e. The summed E-state index contributed by atoms with van der Waals surface area (Å²) in [6, 6.07) is 13.6. The molecule has 1 amide bonds. The Balaban J connectivity index is 1.63. The molecule has 0 spiro atoms. The molecule has 0 aromatic heterocycles. The van der Waals surface area contributed by atoms with Gasteiger partial charge in [-0.1, -0.05) is 18.2 Å². The zero-order chi connectivity index (χ0) is 23.3. The molecule has 9 heteroatoms. The minimum absolute atomic E-state index is 0.0186. The first-order valence-corrected chi connectivity index (χ1v) is 13.0. The molecule has 1 fully saturated rings. The summed E-state index contributed by atoms with van der Waals surface area (Å²) in [6.07, 6.45) is 1.21. The van der Waals surface area contributed by atoms with Crippen molar-refractivity contribution in [3.05, 3.63) is 53.0 Å². The summed E-state index contributed by atoms with van der Waals surface area (Å²) in [6.45, 7) is 3.91. The van der Waals surface area contributed by atoms with Gasteiger partial charge in [0.25, 0.3) is 10.0 Å². The third kappa shape index (κ3) is 6.46. The number of aliphatic hydroxyl groups is 1. The summed E-state index contributed by atoms with van der Waals surface area (Å²) < 4.78 is 33.6. The Bertz CT molecular complexity index is 1040. The molecule has 1 aliphatic rings. The van der Waals surface area contributed by atoms with E-state index in [9.17, 15) is 18.3 Å². The molecule has 2 aromatic rings. The highest BCUT2D eigenvalue weighted by molar-refractivity contribution is 9.10. The van der Waals surface area contributed by atoms with Crippen LogP contribution in [-0.2, 0) is 14.8 Å². The normalized spacial score (nSPS) is 21.6. The van der Waals surface area contributed by atoms with Crippen LogP contribution < -0.4 is 14.8 Å². The highest BCUT2D eigenvalue weighted by atomic mass is 79.9. The number of rotatable bonds is 7. The first-order valence-electron chi connectivity index (χ1n) is 10.7. The van der Waals surface area contributed by atoms with E-state index in [2.05, 4.69) is 26.0 Å². The van der Waals surface area contributed by atoms with Crippen LogP contribution >= 0.6 is 15.9 Å². The Morgan fingerprint density at radius 2 is 1.81 bits per heavy atom. The molecule has 3 atom stereocenters. The number of aliphatic hydroxyl groups excluding tert-OH is 1. The largest absolute Gasteiger partial charge is 0.491 e. The van der Waals surface area contributed by atoms with Gasteiger partial charge in [0.15, 0.2) is 0 Å². The van der Waals surface area contributed by atoms with Crippen molar-refractivity contribution < 1.29 is 23.1 Å². The maximum absolute atomic E-state index is 12.7. The van der Waals surface area contributed by atoms with Crippen LogP contribution in [0.5, 0.6) is 5.75 Å². The fourth-order valence-electron chi connectivity index (χ4n) is 3.80. The van der Waals surface area contributed by atoms with Gasteiger partial charge in [-0.25, -0.2) is 13.1 Å². The Kier molecular flexibility index (Phi) is 8.19. The molecule has 0 bridgehead atoms. The number of ether oxygens (including phenoxy) is 1. The molecule has 1 aliphatic carbocycles. The SMILES string of the molecule is CC(C)Oc1cccc(N[C@H]2CC[C@@H](C(=O)NS(=O)(=O)c3ccccc3Br)CC[C@@H]2O)c1. The third-order valence-electron chi connectivity index (χ3n) is 5.39. The van der Waals surface area contributed by atoms with Crippen molar-refractivity contribution in [3.8, 4) is 5.75 Å². The van der Waals surface area contributed by atoms with Crippen molar-refractivity contribution in [3.63, 3.8) is 0 Å². The second kappa shape index (κ2) is 10.7. The van der Waals surface area contributed by atoms with E-state index in [-0.39, 0.29) is 17.0 Å². The van der Waals surface area contributed by atoms with Gasteiger partial charge in [0, 0.05) is 22.1 Å². The van der Waals surface area contributed by atoms with Crippen molar-refractivity contribution in [1.29, 1.82) is 0 Å². The van der Waals surface area contributed by atoms with Gasteiger partial charge >= 0.3 is 0 Å². The van der Waals surface area contributed by atoms with Crippen LogP contribution in [0.4, 0.5) is 5.69 Å². The molecule has 174 valence electrons. The summed E-state index contributed by atoms with van der Waals surface area (Å²) in [4.78, 5) is 12.8. The molecule has 3 rings (SSSR count). The van der Waals surface area contributed by atoms with E-state index in [1.807, 2.05) is 38.1 Å². The van der Waals surface area contributed by atoms with Gasteiger partial charge in [0.1, 0.15) is 10.6 Å².